The van der Waals surface area contributed by atoms with E-state index in [1.54, 1.807) is 0 Å². The van der Waals surface area contributed by atoms with Crippen LogP contribution in [0.2, 0.25) is 0 Å². The first-order chi connectivity index (χ1) is 23.2. The fraction of sp³-hybridized carbons (Fsp3) is 0.182. The molecule has 0 nitrogen and oxygen atoms in total. The molecule has 0 aliphatic rings. The molecule has 47 heavy (non-hydrogen) atoms. The van der Waals surface area contributed by atoms with Gasteiger partial charge in [0.25, 0.3) is 0 Å². The van der Waals surface area contributed by atoms with Crippen LogP contribution in [-0.2, 0) is 0 Å². The van der Waals surface area contributed by atoms with E-state index in [0.29, 0.717) is 0 Å². The van der Waals surface area contributed by atoms with E-state index in [1.807, 2.05) is 0 Å². The van der Waals surface area contributed by atoms with Crippen molar-refractivity contribution in [2.24, 2.45) is 5.41 Å². The third-order valence-electron chi connectivity index (χ3n) is 9.22. The lowest BCUT2D eigenvalue weighted by molar-refractivity contribution is 0.293. The fourth-order valence-corrected chi connectivity index (χ4v) is 14.3. The Morgan fingerprint density at radius 1 is 0.298 bits per heavy atom. The van der Waals surface area contributed by atoms with Crippen molar-refractivity contribution < 1.29 is 0 Å². The summed E-state index contributed by atoms with van der Waals surface area (Å²) in [6, 6.07) is 67.7. The van der Waals surface area contributed by atoms with Crippen LogP contribution >= 0.6 is 23.8 Å². The predicted molar refractivity (Wildman–Crippen MR) is 214 cm³/mol. The van der Waals surface area contributed by atoms with Gasteiger partial charge in [-0.05, 0) is 98.8 Å². The SMILES string of the molecule is CC(CCP(c1ccccc1)c1ccccc1)(CCP(c1ccccc1)c1ccccc1)CCP(c1ccccc1)c1ccccc1. The number of benzene rings is 6. The molecule has 0 bridgehead atoms. The smallest absolute Gasteiger partial charge is 0.0195 e. The molecule has 0 radical (unpaired) electrons. The minimum Gasteiger partial charge on any atom is -0.0622 e. The van der Waals surface area contributed by atoms with Crippen LogP contribution in [0.15, 0.2) is 182 Å². The van der Waals surface area contributed by atoms with Crippen LogP contribution in [0.25, 0.3) is 0 Å². The summed E-state index contributed by atoms with van der Waals surface area (Å²) in [6.45, 7) is 2.61. The Morgan fingerprint density at radius 2 is 0.468 bits per heavy atom. The van der Waals surface area contributed by atoms with Gasteiger partial charge in [-0.15, -0.1) is 0 Å². The Kier molecular flexibility index (Phi) is 12.2. The lowest BCUT2D eigenvalue weighted by Crippen LogP contribution is -2.26. The van der Waals surface area contributed by atoms with Crippen LogP contribution in [-0.4, -0.2) is 18.5 Å². The second kappa shape index (κ2) is 17.1. The lowest BCUT2D eigenvalue weighted by atomic mass is 9.82. The molecule has 0 heterocycles. The normalized spacial score (nSPS) is 11.7. The Morgan fingerprint density at radius 3 is 0.638 bits per heavy atom. The molecule has 0 atom stereocenters. The quantitative estimate of drug-likeness (QED) is 0.0958. The summed E-state index contributed by atoms with van der Waals surface area (Å²) in [5, 5.41) is 8.93. The molecular weight excluding hydrogens is 621 g/mol. The average molecular weight is 667 g/mol. The maximum Gasteiger partial charge on any atom is -0.0195 e. The second-order valence-corrected chi connectivity index (χ2v) is 19.5. The van der Waals surface area contributed by atoms with Gasteiger partial charge in [-0.25, -0.2) is 0 Å². The van der Waals surface area contributed by atoms with Crippen LogP contribution in [0, 0.1) is 5.41 Å². The highest BCUT2D eigenvalue weighted by atomic mass is 31.1. The molecule has 0 saturated heterocycles. The van der Waals surface area contributed by atoms with Gasteiger partial charge in [-0.2, -0.15) is 0 Å². The van der Waals surface area contributed by atoms with Crippen LogP contribution < -0.4 is 31.8 Å². The highest BCUT2D eigenvalue weighted by Crippen LogP contribution is 2.47. The van der Waals surface area contributed by atoms with Gasteiger partial charge in [0.2, 0.25) is 0 Å². The van der Waals surface area contributed by atoms with Crippen molar-refractivity contribution in [2.45, 2.75) is 26.2 Å². The predicted octanol–water partition coefficient (Wildman–Crippen LogP) is 9.56. The minimum absolute atomic E-state index is 0.221. The highest BCUT2D eigenvalue weighted by Gasteiger charge is 2.30. The molecule has 0 amide bonds. The summed E-state index contributed by atoms with van der Waals surface area (Å²) in [6.07, 6.45) is 7.31. The first kappa shape index (κ1) is 33.5. The second-order valence-electron chi connectivity index (χ2n) is 12.5. The van der Waals surface area contributed by atoms with Gasteiger partial charge in [0, 0.05) is 0 Å². The van der Waals surface area contributed by atoms with E-state index in [1.165, 1.54) is 69.6 Å². The minimum atomic E-state index is -0.432. The van der Waals surface area contributed by atoms with E-state index in [2.05, 4.69) is 189 Å². The van der Waals surface area contributed by atoms with Crippen molar-refractivity contribution in [3.8, 4) is 0 Å². The Labute approximate surface area is 286 Å². The summed E-state index contributed by atoms with van der Waals surface area (Å²) in [5.74, 6) is 0. The topological polar surface area (TPSA) is 0 Å². The third-order valence-corrected chi connectivity index (χ3v) is 16.8. The van der Waals surface area contributed by atoms with Crippen LogP contribution in [0.5, 0.6) is 0 Å². The summed E-state index contributed by atoms with van der Waals surface area (Å²) in [7, 11) is -1.30. The molecule has 0 aromatic heterocycles. The molecule has 0 aliphatic carbocycles. The summed E-state index contributed by atoms with van der Waals surface area (Å²) < 4.78 is 0. The van der Waals surface area contributed by atoms with Crippen molar-refractivity contribution >= 4 is 55.6 Å². The van der Waals surface area contributed by atoms with Crippen LogP contribution in [0.4, 0.5) is 0 Å². The van der Waals surface area contributed by atoms with Gasteiger partial charge < -0.3 is 0 Å². The van der Waals surface area contributed by atoms with Crippen molar-refractivity contribution in [1.29, 1.82) is 0 Å². The van der Waals surface area contributed by atoms with Gasteiger partial charge in [0.1, 0.15) is 0 Å². The molecule has 0 N–H and O–H groups in total. The Hall–Kier alpha value is -3.39. The zero-order valence-corrected chi connectivity index (χ0v) is 30.1. The fourth-order valence-electron chi connectivity index (χ4n) is 6.39. The first-order valence-electron chi connectivity index (χ1n) is 16.8. The van der Waals surface area contributed by atoms with E-state index in [-0.39, 0.29) is 5.41 Å². The van der Waals surface area contributed by atoms with Gasteiger partial charge in [-0.1, -0.05) is 189 Å². The van der Waals surface area contributed by atoms with Crippen LogP contribution in [0.3, 0.4) is 0 Å². The van der Waals surface area contributed by atoms with Gasteiger partial charge in [-0.3, -0.25) is 0 Å². The lowest BCUT2D eigenvalue weighted by Gasteiger charge is -2.35. The average Bonchev–Trinajstić information content (AvgIpc) is 3.15. The van der Waals surface area contributed by atoms with E-state index >= 15 is 0 Å². The summed E-state index contributed by atoms with van der Waals surface area (Å²) >= 11 is 0. The molecule has 0 fully saturated rings. The molecule has 0 aliphatic heterocycles. The number of hydrogen-bond acceptors (Lipinski definition) is 0. The van der Waals surface area contributed by atoms with E-state index in [9.17, 15) is 0 Å². The zero-order valence-electron chi connectivity index (χ0n) is 27.4. The summed E-state index contributed by atoms with van der Waals surface area (Å²) in [5.41, 5.74) is 0.221. The molecule has 6 aromatic carbocycles. The van der Waals surface area contributed by atoms with Crippen molar-refractivity contribution in [3.63, 3.8) is 0 Å². The maximum absolute atomic E-state index is 2.61. The van der Waals surface area contributed by atoms with Gasteiger partial charge in [0.05, 0.1) is 0 Å². The monoisotopic (exact) mass is 666 g/mol. The number of rotatable bonds is 15. The highest BCUT2D eigenvalue weighted by molar-refractivity contribution is 7.73. The van der Waals surface area contributed by atoms with E-state index < -0.39 is 23.8 Å². The Bertz CT molecular complexity index is 1400. The third kappa shape index (κ3) is 9.37. The molecule has 0 unspecified atom stereocenters. The standard InChI is InChI=1S/C44H45P3/c1-44(32-35-45(38-20-8-2-9-21-38)39-22-10-3-11-23-39,33-36-46(40-24-12-4-13-25-40)41-26-14-5-15-27-41)34-37-47(42-28-16-6-17-29-42)43-30-18-7-19-31-43/h2-31H,32-37H2,1H3. The molecule has 3 heteroatoms. The van der Waals surface area contributed by atoms with Crippen molar-refractivity contribution in [1.82, 2.24) is 0 Å². The Balaban J connectivity index is 1.30. The number of hydrogen-bond donors (Lipinski definition) is 0. The molecule has 6 rings (SSSR count). The zero-order chi connectivity index (χ0) is 32.2. The van der Waals surface area contributed by atoms with E-state index in [0.717, 1.165) is 0 Å². The van der Waals surface area contributed by atoms with Crippen LogP contribution in [0.1, 0.15) is 26.2 Å². The first-order valence-corrected chi connectivity index (χ1v) is 21.4. The van der Waals surface area contributed by atoms with Gasteiger partial charge in [0.15, 0.2) is 0 Å². The van der Waals surface area contributed by atoms with Crippen molar-refractivity contribution in [3.05, 3.63) is 182 Å². The largest absolute Gasteiger partial charge is 0.0622 e. The van der Waals surface area contributed by atoms with Gasteiger partial charge >= 0.3 is 0 Å². The molecule has 6 aromatic rings. The van der Waals surface area contributed by atoms with Crippen molar-refractivity contribution in [2.75, 3.05) is 18.5 Å². The molecule has 0 spiro atoms. The summed E-state index contributed by atoms with van der Waals surface area (Å²) in [4.78, 5) is 0. The van der Waals surface area contributed by atoms with E-state index in [4.69, 9.17) is 0 Å². The molecule has 236 valence electrons. The molecular formula is C44H45P3. The molecule has 0 saturated carbocycles. The maximum atomic E-state index is 2.61.